The minimum Gasteiger partial charge on any atom is -0.497 e. The third kappa shape index (κ3) is 4.36. The summed E-state index contributed by atoms with van der Waals surface area (Å²) in [4.78, 5) is 32.3. The highest BCUT2D eigenvalue weighted by Gasteiger charge is 2.44. The largest absolute Gasteiger partial charge is 0.497 e. The topological polar surface area (TPSA) is 102 Å². The number of hydrogen-bond acceptors (Lipinski definition) is 6. The quantitative estimate of drug-likeness (QED) is 0.354. The fraction of sp³-hybridized carbons (Fsp3) is 0.241. The van der Waals surface area contributed by atoms with Crippen molar-refractivity contribution in [3.8, 4) is 17.2 Å². The molecule has 9 nitrogen and oxygen atoms in total. The van der Waals surface area contributed by atoms with Crippen LogP contribution in [-0.4, -0.2) is 56.4 Å². The fourth-order valence-corrected chi connectivity index (χ4v) is 5.07. The predicted molar refractivity (Wildman–Crippen MR) is 143 cm³/mol. The average molecular weight is 516 g/mol. The molecule has 0 saturated heterocycles. The lowest BCUT2D eigenvalue weighted by Gasteiger charge is -2.40. The Balaban J connectivity index is 1.65. The molecule has 3 aromatic carbocycles. The molecule has 0 aliphatic carbocycles. The first-order chi connectivity index (χ1) is 18.5. The van der Waals surface area contributed by atoms with Crippen molar-refractivity contribution in [1.82, 2.24) is 9.88 Å². The van der Waals surface area contributed by atoms with Crippen LogP contribution < -0.4 is 19.5 Å². The van der Waals surface area contributed by atoms with E-state index < -0.39 is 24.1 Å². The molecule has 0 saturated carbocycles. The molecular formula is C29H29N3O6. The van der Waals surface area contributed by atoms with E-state index in [4.69, 9.17) is 18.9 Å². The molecule has 4 aromatic rings. The lowest BCUT2D eigenvalue weighted by atomic mass is 9.88. The molecule has 5 rings (SSSR count). The number of benzene rings is 3. The first-order valence-electron chi connectivity index (χ1n) is 12.1. The number of hydrogen-bond donors (Lipinski definition) is 2. The van der Waals surface area contributed by atoms with Crippen LogP contribution in [0.3, 0.4) is 0 Å². The van der Waals surface area contributed by atoms with Gasteiger partial charge in [-0.3, -0.25) is 4.90 Å². The van der Waals surface area contributed by atoms with Gasteiger partial charge in [-0.25, -0.2) is 9.59 Å². The Bertz CT molecular complexity index is 1480. The Morgan fingerprint density at radius 1 is 0.895 bits per heavy atom. The standard InChI is InChI=1S/C29H29N3O6/c1-35-18-11-9-17(10-12-18)27-26-21(20-7-5-6-8-22(20)30-26)16-24(28(33)38-4)32(27)29(34)31-23-14-13-19(36-2)15-25(23)37-3/h5-15,24,27,30H,16H2,1-4H3,(H,31,34)/t24-,27-/m1/s1. The monoisotopic (exact) mass is 515 g/mol. The molecule has 196 valence electrons. The average Bonchev–Trinajstić information content (AvgIpc) is 3.34. The smallest absolute Gasteiger partial charge is 0.329 e. The molecule has 2 heterocycles. The second kappa shape index (κ2) is 10.4. The molecule has 0 unspecified atom stereocenters. The second-order valence-corrected chi connectivity index (χ2v) is 8.89. The summed E-state index contributed by atoms with van der Waals surface area (Å²) in [5.41, 5.74) is 4.00. The summed E-state index contributed by atoms with van der Waals surface area (Å²) >= 11 is 0. The van der Waals surface area contributed by atoms with Crippen LogP contribution in [-0.2, 0) is 16.0 Å². The SMILES string of the molecule is COC(=O)[C@H]1Cc2c([nH]c3ccccc23)[C@@H](c2ccc(OC)cc2)N1C(=O)Nc1ccc(OC)cc1OC. The summed E-state index contributed by atoms with van der Waals surface area (Å²) in [6.45, 7) is 0. The van der Waals surface area contributed by atoms with E-state index in [-0.39, 0.29) is 0 Å². The first kappa shape index (κ1) is 25.0. The van der Waals surface area contributed by atoms with Crippen LogP contribution in [0.2, 0.25) is 0 Å². The zero-order valence-electron chi connectivity index (χ0n) is 21.6. The van der Waals surface area contributed by atoms with Gasteiger partial charge in [-0.1, -0.05) is 30.3 Å². The normalized spacial score (nSPS) is 16.5. The molecule has 38 heavy (non-hydrogen) atoms. The summed E-state index contributed by atoms with van der Waals surface area (Å²) in [5, 5.41) is 3.94. The summed E-state index contributed by atoms with van der Waals surface area (Å²) in [5.74, 6) is 1.20. The van der Waals surface area contributed by atoms with E-state index in [2.05, 4.69) is 10.3 Å². The molecule has 0 spiro atoms. The number of urea groups is 1. The van der Waals surface area contributed by atoms with E-state index in [9.17, 15) is 9.59 Å². The predicted octanol–water partition coefficient (Wildman–Crippen LogP) is 4.91. The number of aromatic nitrogens is 1. The number of methoxy groups -OCH3 is 4. The van der Waals surface area contributed by atoms with Gasteiger partial charge in [0.05, 0.1) is 34.1 Å². The second-order valence-electron chi connectivity index (χ2n) is 8.89. The van der Waals surface area contributed by atoms with Crippen molar-refractivity contribution in [2.75, 3.05) is 33.8 Å². The van der Waals surface area contributed by atoms with E-state index in [1.807, 2.05) is 48.5 Å². The van der Waals surface area contributed by atoms with Gasteiger partial charge in [0.2, 0.25) is 0 Å². The summed E-state index contributed by atoms with van der Waals surface area (Å²) < 4.78 is 21.3. The van der Waals surface area contributed by atoms with Crippen LogP contribution in [0, 0.1) is 0 Å². The Morgan fingerprint density at radius 3 is 2.29 bits per heavy atom. The third-order valence-corrected chi connectivity index (χ3v) is 6.92. The van der Waals surface area contributed by atoms with Crippen LogP contribution in [0.15, 0.2) is 66.7 Å². The van der Waals surface area contributed by atoms with Gasteiger partial charge in [0.15, 0.2) is 0 Å². The van der Waals surface area contributed by atoms with E-state index in [1.165, 1.54) is 19.1 Å². The zero-order valence-corrected chi connectivity index (χ0v) is 21.6. The highest BCUT2D eigenvalue weighted by Crippen LogP contribution is 2.42. The zero-order chi connectivity index (χ0) is 26.8. The van der Waals surface area contributed by atoms with Crippen LogP contribution >= 0.6 is 0 Å². The van der Waals surface area contributed by atoms with E-state index >= 15 is 0 Å². The molecule has 2 atom stereocenters. The van der Waals surface area contributed by atoms with Gasteiger partial charge in [-0.05, 0) is 41.5 Å². The van der Waals surface area contributed by atoms with E-state index in [0.29, 0.717) is 29.4 Å². The molecule has 1 aliphatic rings. The first-order valence-corrected chi connectivity index (χ1v) is 12.1. The fourth-order valence-electron chi connectivity index (χ4n) is 5.07. The molecule has 0 radical (unpaired) electrons. The number of fused-ring (bicyclic) bond motifs is 3. The van der Waals surface area contributed by atoms with Crippen molar-refractivity contribution in [3.63, 3.8) is 0 Å². The van der Waals surface area contributed by atoms with Crippen molar-refractivity contribution in [2.24, 2.45) is 0 Å². The van der Waals surface area contributed by atoms with Gasteiger partial charge in [0.25, 0.3) is 0 Å². The number of H-pyrrole nitrogens is 1. The molecule has 0 bridgehead atoms. The van der Waals surface area contributed by atoms with Crippen molar-refractivity contribution in [3.05, 3.63) is 83.6 Å². The summed E-state index contributed by atoms with van der Waals surface area (Å²) in [7, 11) is 6.00. The van der Waals surface area contributed by atoms with Gasteiger partial charge >= 0.3 is 12.0 Å². The molecule has 2 N–H and O–H groups in total. The maximum Gasteiger partial charge on any atom is 0.329 e. The Labute approximate surface area is 220 Å². The van der Waals surface area contributed by atoms with Crippen LogP contribution in [0.1, 0.15) is 22.9 Å². The number of carbonyl (C=O) groups excluding carboxylic acids is 2. The van der Waals surface area contributed by atoms with Crippen LogP contribution in [0.25, 0.3) is 10.9 Å². The van der Waals surface area contributed by atoms with Crippen LogP contribution in [0.4, 0.5) is 10.5 Å². The number of carbonyl (C=O) groups is 2. The highest BCUT2D eigenvalue weighted by atomic mass is 16.5. The number of ether oxygens (including phenoxy) is 4. The van der Waals surface area contributed by atoms with Crippen molar-refractivity contribution >= 4 is 28.6 Å². The number of nitrogens with zero attached hydrogens (tertiary/aromatic N) is 1. The third-order valence-electron chi connectivity index (χ3n) is 6.92. The number of anilines is 1. The van der Waals surface area contributed by atoms with Crippen molar-refractivity contribution in [1.29, 1.82) is 0 Å². The van der Waals surface area contributed by atoms with Crippen molar-refractivity contribution < 1.29 is 28.5 Å². The van der Waals surface area contributed by atoms with Gasteiger partial charge in [-0.2, -0.15) is 0 Å². The van der Waals surface area contributed by atoms with Gasteiger partial charge in [-0.15, -0.1) is 0 Å². The van der Waals surface area contributed by atoms with E-state index in [1.54, 1.807) is 32.4 Å². The molecular weight excluding hydrogens is 486 g/mol. The summed E-state index contributed by atoms with van der Waals surface area (Å²) in [6, 6.07) is 18.5. The van der Waals surface area contributed by atoms with E-state index in [0.717, 1.165) is 27.7 Å². The molecule has 1 aliphatic heterocycles. The number of nitrogens with one attached hydrogen (secondary N) is 2. The lowest BCUT2D eigenvalue weighted by Crippen LogP contribution is -2.53. The minimum atomic E-state index is -0.872. The maximum atomic E-state index is 14.0. The van der Waals surface area contributed by atoms with Gasteiger partial charge < -0.3 is 29.2 Å². The minimum absolute atomic E-state index is 0.297. The van der Waals surface area contributed by atoms with Gasteiger partial charge in [0, 0.05) is 29.1 Å². The number of amides is 2. The molecule has 0 fully saturated rings. The molecule has 9 heteroatoms. The number of para-hydroxylation sites is 1. The molecule has 2 amide bonds. The molecule has 1 aromatic heterocycles. The van der Waals surface area contributed by atoms with Crippen LogP contribution in [0.5, 0.6) is 17.2 Å². The Hall–Kier alpha value is -4.66. The van der Waals surface area contributed by atoms with Crippen molar-refractivity contribution in [2.45, 2.75) is 18.5 Å². The lowest BCUT2D eigenvalue weighted by molar-refractivity contribution is -0.146. The Kier molecular flexibility index (Phi) is 6.83. The summed E-state index contributed by atoms with van der Waals surface area (Å²) in [6.07, 6.45) is 0.297. The number of rotatable bonds is 6. The number of aromatic amines is 1. The van der Waals surface area contributed by atoms with Gasteiger partial charge in [0.1, 0.15) is 29.3 Å². The Morgan fingerprint density at radius 2 is 1.61 bits per heavy atom. The maximum absolute atomic E-state index is 14.0. The number of esters is 1. The highest BCUT2D eigenvalue weighted by molar-refractivity contribution is 5.96.